The van der Waals surface area contributed by atoms with Crippen LogP contribution < -0.4 is 0 Å². The van der Waals surface area contributed by atoms with E-state index in [1.54, 1.807) is 0 Å². The van der Waals surface area contributed by atoms with Crippen molar-refractivity contribution in [2.24, 2.45) is 5.41 Å². The van der Waals surface area contributed by atoms with E-state index >= 15 is 0 Å². The molecule has 0 N–H and O–H groups in total. The molecule has 1 aliphatic carbocycles. The minimum atomic E-state index is -0.471. The first-order valence-corrected chi connectivity index (χ1v) is 3.76. The Morgan fingerprint density at radius 3 is 2.22 bits per heavy atom. The summed E-state index contributed by atoms with van der Waals surface area (Å²) in [5.41, 5.74) is 0.109. The van der Waals surface area contributed by atoms with Gasteiger partial charge in [-0.3, -0.25) is 0 Å². The van der Waals surface area contributed by atoms with E-state index < -0.39 is 4.33 Å². The Hall–Kier alpha value is 0.320. The number of rotatable bonds is 2. The third-order valence-electron chi connectivity index (χ3n) is 1.97. The Bertz CT molecular complexity index is 140. The summed E-state index contributed by atoms with van der Waals surface area (Å²) in [5, 5.41) is 0. The van der Waals surface area contributed by atoms with Gasteiger partial charge in [-0.1, -0.05) is 13.0 Å². The van der Waals surface area contributed by atoms with E-state index in [1.807, 2.05) is 6.08 Å². The average molecular weight is 165 g/mol. The standard InChI is InChI=1S/C7H10Cl2/c1-3-4-6(2)5-7(6,8)9/h3H,1,4-5H2,2H3. The van der Waals surface area contributed by atoms with Gasteiger partial charge in [0.2, 0.25) is 0 Å². The predicted molar refractivity (Wildman–Crippen MR) is 42.0 cm³/mol. The minimum absolute atomic E-state index is 0.109. The lowest BCUT2D eigenvalue weighted by atomic mass is 10.1. The van der Waals surface area contributed by atoms with E-state index in [2.05, 4.69) is 13.5 Å². The van der Waals surface area contributed by atoms with Crippen LogP contribution >= 0.6 is 23.2 Å². The van der Waals surface area contributed by atoms with Crippen molar-refractivity contribution in [1.82, 2.24) is 0 Å². The maximum atomic E-state index is 5.84. The summed E-state index contributed by atoms with van der Waals surface area (Å²) >= 11 is 11.7. The van der Waals surface area contributed by atoms with Crippen LogP contribution in [0.1, 0.15) is 19.8 Å². The SMILES string of the molecule is C=CCC1(C)CC1(Cl)Cl. The predicted octanol–water partition coefficient (Wildman–Crippen LogP) is 3.15. The number of hydrogen-bond donors (Lipinski definition) is 0. The van der Waals surface area contributed by atoms with Gasteiger partial charge in [-0.05, 0) is 12.8 Å². The highest BCUT2D eigenvalue weighted by Crippen LogP contribution is 2.65. The molecule has 0 aromatic carbocycles. The fraction of sp³-hybridized carbons (Fsp3) is 0.714. The van der Waals surface area contributed by atoms with Gasteiger partial charge in [-0.25, -0.2) is 0 Å². The Morgan fingerprint density at radius 2 is 2.11 bits per heavy atom. The molecule has 1 fully saturated rings. The maximum absolute atomic E-state index is 5.84. The zero-order valence-electron chi connectivity index (χ0n) is 5.45. The average Bonchev–Trinajstić information content (AvgIpc) is 2.07. The summed E-state index contributed by atoms with van der Waals surface area (Å²) in [6.45, 7) is 5.71. The molecule has 0 nitrogen and oxygen atoms in total. The van der Waals surface area contributed by atoms with Crippen LogP contribution in [0.3, 0.4) is 0 Å². The van der Waals surface area contributed by atoms with Crippen LogP contribution in [-0.2, 0) is 0 Å². The first-order valence-electron chi connectivity index (χ1n) is 3.01. The summed E-state index contributed by atoms with van der Waals surface area (Å²) in [6.07, 6.45) is 3.68. The van der Waals surface area contributed by atoms with Gasteiger partial charge in [-0.2, -0.15) is 0 Å². The van der Waals surface area contributed by atoms with Crippen molar-refractivity contribution >= 4 is 23.2 Å². The number of allylic oxidation sites excluding steroid dienone is 1. The fourth-order valence-corrected chi connectivity index (χ4v) is 1.73. The second-order valence-electron chi connectivity index (χ2n) is 2.93. The molecule has 1 saturated carbocycles. The molecule has 0 heterocycles. The minimum Gasteiger partial charge on any atom is -0.103 e. The molecule has 2 heteroatoms. The van der Waals surface area contributed by atoms with Crippen molar-refractivity contribution in [1.29, 1.82) is 0 Å². The van der Waals surface area contributed by atoms with Crippen LogP contribution in [0.5, 0.6) is 0 Å². The van der Waals surface area contributed by atoms with Crippen LogP contribution in [0.15, 0.2) is 12.7 Å². The molecular formula is C7H10Cl2. The lowest BCUT2D eigenvalue weighted by Gasteiger charge is -2.06. The van der Waals surface area contributed by atoms with Crippen LogP contribution in [0.2, 0.25) is 0 Å². The highest BCUT2D eigenvalue weighted by molar-refractivity contribution is 6.51. The Kier molecular flexibility index (Phi) is 1.57. The van der Waals surface area contributed by atoms with E-state index in [-0.39, 0.29) is 5.41 Å². The van der Waals surface area contributed by atoms with Crippen molar-refractivity contribution in [3.05, 3.63) is 12.7 Å². The summed E-state index contributed by atoms with van der Waals surface area (Å²) in [7, 11) is 0. The third-order valence-corrected chi connectivity index (χ3v) is 3.14. The second kappa shape index (κ2) is 1.90. The maximum Gasteiger partial charge on any atom is 0.124 e. The van der Waals surface area contributed by atoms with E-state index in [9.17, 15) is 0 Å². The zero-order chi connectivity index (χ0) is 7.12. The highest BCUT2D eigenvalue weighted by atomic mass is 35.5. The van der Waals surface area contributed by atoms with E-state index in [1.165, 1.54) is 0 Å². The molecule has 0 radical (unpaired) electrons. The molecule has 1 rings (SSSR count). The molecule has 0 aromatic rings. The van der Waals surface area contributed by atoms with Crippen LogP contribution in [0, 0.1) is 5.41 Å². The van der Waals surface area contributed by atoms with E-state index in [4.69, 9.17) is 23.2 Å². The quantitative estimate of drug-likeness (QED) is 0.435. The monoisotopic (exact) mass is 164 g/mol. The van der Waals surface area contributed by atoms with E-state index in [0.717, 1.165) is 12.8 Å². The van der Waals surface area contributed by atoms with E-state index in [0.29, 0.717) is 0 Å². The van der Waals surface area contributed by atoms with Gasteiger partial charge in [0.1, 0.15) is 4.33 Å². The molecule has 0 spiro atoms. The first kappa shape index (κ1) is 7.43. The highest BCUT2D eigenvalue weighted by Gasteiger charge is 2.61. The van der Waals surface area contributed by atoms with Crippen LogP contribution in [0.4, 0.5) is 0 Å². The molecule has 0 aliphatic heterocycles. The number of halogens is 2. The zero-order valence-corrected chi connectivity index (χ0v) is 6.97. The van der Waals surface area contributed by atoms with Crippen LogP contribution in [0.25, 0.3) is 0 Å². The van der Waals surface area contributed by atoms with Gasteiger partial charge in [0.05, 0.1) is 0 Å². The first-order chi connectivity index (χ1) is 4.02. The van der Waals surface area contributed by atoms with Crippen molar-refractivity contribution in [2.75, 3.05) is 0 Å². The lowest BCUT2D eigenvalue weighted by molar-refractivity contribution is 0.575. The molecule has 9 heavy (non-hydrogen) atoms. The van der Waals surface area contributed by atoms with Gasteiger partial charge < -0.3 is 0 Å². The molecule has 52 valence electrons. The lowest BCUT2D eigenvalue weighted by Crippen LogP contribution is -2.01. The molecule has 0 saturated heterocycles. The summed E-state index contributed by atoms with van der Waals surface area (Å²) in [5.74, 6) is 0. The van der Waals surface area contributed by atoms with Crippen molar-refractivity contribution in [3.63, 3.8) is 0 Å². The summed E-state index contributed by atoms with van der Waals surface area (Å²) in [4.78, 5) is 0. The summed E-state index contributed by atoms with van der Waals surface area (Å²) in [6, 6.07) is 0. The molecular weight excluding hydrogens is 155 g/mol. The smallest absolute Gasteiger partial charge is 0.103 e. The largest absolute Gasteiger partial charge is 0.124 e. The Labute approximate surface area is 65.8 Å². The van der Waals surface area contributed by atoms with Crippen molar-refractivity contribution in [2.45, 2.75) is 24.1 Å². The fourth-order valence-electron chi connectivity index (χ4n) is 0.986. The van der Waals surface area contributed by atoms with Gasteiger partial charge in [0.15, 0.2) is 0 Å². The van der Waals surface area contributed by atoms with Gasteiger partial charge in [0, 0.05) is 5.41 Å². The molecule has 1 unspecified atom stereocenters. The normalized spacial score (nSPS) is 38.1. The van der Waals surface area contributed by atoms with Gasteiger partial charge >= 0.3 is 0 Å². The molecule has 0 aromatic heterocycles. The number of hydrogen-bond acceptors (Lipinski definition) is 0. The number of alkyl halides is 2. The molecule has 1 atom stereocenters. The molecule has 0 bridgehead atoms. The Balaban J connectivity index is 2.52. The van der Waals surface area contributed by atoms with Gasteiger partial charge in [0.25, 0.3) is 0 Å². The second-order valence-corrected chi connectivity index (χ2v) is 4.42. The van der Waals surface area contributed by atoms with Crippen molar-refractivity contribution < 1.29 is 0 Å². The Morgan fingerprint density at radius 1 is 1.67 bits per heavy atom. The molecule has 0 amide bonds. The topological polar surface area (TPSA) is 0 Å². The van der Waals surface area contributed by atoms with Crippen molar-refractivity contribution in [3.8, 4) is 0 Å². The third kappa shape index (κ3) is 1.11. The molecule has 1 aliphatic rings. The summed E-state index contributed by atoms with van der Waals surface area (Å²) < 4.78 is -0.471. The van der Waals surface area contributed by atoms with Crippen LogP contribution in [-0.4, -0.2) is 4.33 Å². The van der Waals surface area contributed by atoms with Gasteiger partial charge in [-0.15, -0.1) is 29.8 Å².